The number of ether oxygens (including phenoxy) is 2. The van der Waals surface area contributed by atoms with E-state index in [1.54, 1.807) is 20.3 Å². The molecule has 0 amide bonds. The predicted octanol–water partition coefficient (Wildman–Crippen LogP) is 1.14. The molecular formula is C8H14O3. The number of aldehydes is 1. The molecule has 11 heavy (non-hydrogen) atoms. The summed E-state index contributed by atoms with van der Waals surface area (Å²) >= 11 is 0. The first kappa shape index (κ1) is 10.3. The molecule has 0 saturated heterocycles. The third kappa shape index (κ3) is 5.76. The van der Waals surface area contributed by atoms with Crippen LogP contribution in [0.25, 0.3) is 0 Å². The summed E-state index contributed by atoms with van der Waals surface area (Å²) in [6.07, 6.45) is 5.43. The van der Waals surface area contributed by atoms with E-state index in [4.69, 9.17) is 9.47 Å². The van der Waals surface area contributed by atoms with Crippen LogP contribution in [-0.2, 0) is 14.3 Å². The molecule has 3 nitrogen and oxygen atoms in total. The summed E-state index contributed by atoms with van der Waals surface area (Å²) in [4.78, 5) is 9.84. The Morgan fingerprint density at radius 3 is 2.45 bits per heavy atom. The molecule has 0 aromatic heterocycles. The van der Waals surface area contributed by atoms with Gasteiger partial charge < -0.3 is 9.47 Å². The zero-order valence-electron chi connectivity index (χ0n) is 6.95. The van der Waals surface area contributed by atoms with E-state index in [-0.39, 0.29) is 6.29 Å². The van der Waals surface area contributed by atoms with E-state index < -0.39 is 0 Å². The van der Waals surface area contributed by atoms with Gasteiger partial charge >= 0.3 is 0 Å². The maximum absolute atomic E-state index is 9.84. The van der Waals surface area contributed by atoms with E-state index in [2.05, 4.69) is 0 Å². The van der Waals surface area contributed by atoms with E-state index in [9.17, 15) is 4.79 Å². The molecule has 0 N–H and O–H groups in total. The quantitative estimate of drug-likeness (QED) is 0.330. The van der Waals surface area contributed by atoms with E-state index in [1.807, 2.05) is 0 Å². The maximum Gasteiger partial charge on any atom is 0.157 e. The number of carbonyl (C=O) groups excluding carboxylic acids is 1. The molecule has 0 aliphatic carbocycles. The molecule has 0 aliphatic rings. The summed E-state index contributed by atoms with van der Waals surface area (Å²) in [5, 5.41) is 0. The van der Waals surface area contributed by atoms with Crippen molar-refractivity contribution in [2.24, 2.45) is 0 Å². The molecule has 0 radical (unpaired) electrons. The first-order chi connectivity index (χ1) is 5.35. The normalized spacial score (nSPS) is 11.2. The highest BCUT2D eigenvalue weighted by molar-refractivity contribution is 5.64. The molecule has 0 fully saturated rings. The highest BCUT2D eigenvalue weighted by Gasteiger charge is 2.01. The topological polar surface area (TPSA) is 35.5 Å². The lowest BCUT2D eigenvalue weighted by atomic mass is 10.3. The zero-order chi connectivity index (χ0) is 8.53. The molecule has 0 aliphatic heterocycles. The summed E-state index contributed by atoms with van der Waals surface area (Å²) in [6.45, 7) is 0. The average Bonchev–Trinajstić information content (AvgIpc) is 2.05. The lowest BCUT2D eigenvalue weighted by Crippen LogP contribution is -2.11. The van der Waals surface area contributed by atoms with Crippen LogP contribution in [0.15, 0.2) is 12.2 Å². The summed E-state index contributed by atoms with van der Waals surface area (Å²) in [5.41, 5.74) is 0. The van der Waals surface area contributed by atoms with Crippen LogP contribution in [0, 0.1) is 0 Å². The average molecular weight is 158 g/mol. The van der Waals surface area contributed by atoms with Crippen LogP contribution < -0.4 is 0 Å². The largest absolute Gasteiger partial charge is 0.356 e. The van der Waals surface area contributed by atoms with Crippen LogP contribution in [0.5, 0.6) is 0 Å². The molecule has 0 rings (SSSR count). The molecule has 0 saturated carbocycles. The molecular weight excluding hydrogens is 144 g/mol. The number of hydrogen-bond acceptors (Lipinski definition) is 3. The van der Waals surface area contributed by atoms with Crippen LogP contribution in [-0.4, -0.2) is 26.8 Å². The van der Waals surface area contributed by atoms with Crippen molar-refractivity contribution in [3.63, 3.8) is 0 Å². The number of rotatable bonds is 6. The molecule has 0 aromatic rings. The minimum absolute atomic E-state index is 0.161. The molecule has 0 heterocycles. The minimum atomic E-state index is -0.161. The second-order valence-corrected chi connectivity index (χ2v) is 2.04. The first-order valence-electron chi connectivity index (χ1n) is 3.51. The number of carbonyl (C=O) groups is 1. The lowest BCUT2D eigenvalue weighted by Gasteiger charge is -2.10. The van der Waals surface area contributed by atoms with Gasteiger partial charge in [-0.15, -0.1) is 0 Å². The van der Waals surface area contributed by atoms with Crippen molar-refractivity contribution in [3.8, 4) is 0 Å². The maximum atomic E-state index is 9.84. The fourth-order valence-electron chi connectivity index (χ4n) is 0.716. The van der Waals surface area contributed by atoms with Gasteiger partial charge in [0.05, 0.1) is 0 Å². The van der Waals surface area contributed by atoms with Crippen molar-refractivity contribution >= 4 is 6.29 Å². The molecule has 64 valence electrons. The van der Waals surface area contributed by atoms with E-state index in [0.717, 1.165) is 19.1 Å². The van der Waals surface area contributed by atoms with Gasteiger partial charge in [0.2, 0.25) is 0 Å². The second-order valence-electron chi connectivity index (χ2n) is 2.04. The van der Waals surface area contributed by atoms with Crippen molar-refractivity contribution in [1.29, 1.82) is 0 Å². The highest BCUT2D eigenvalue weighted by Crippen LogP contribution is 2.01. The van der Waals surface area contributed by atoms with Crippen molar-refractivity contribution in [2.75, 3.05) is 14.2 Å². The summed E-state index contributed by atoms with van der Waals surface area (Å²) in [6, 6.07) is 0. The fourth-order valence-corrected chi connectivity index (χ4v) is 0.716. The number of allylic oxidation sites excluding steroid dienone is 2. The van der Waals surface area contributed by atoms with Crippen molar-refractivity contribution in [3.05, 3.63) is 12.2 Å². The van der Waals surface area contributed by atoms with Crippen LogP contribution in [0.4, 0.5) is 0 Å². The third-order valence-corrected chi connectivity index (χ3v) is 1.31. The van der Waals surface area contributed by atoms with Crippen LogP contribution in [0.3, 0.4) is 0 Å². The van der Waals surface area contributed by atoms with Gasteiger partial charge in [0.25, 0.3) is 0 Å². The van der Waals surface area contributed by atoms with E-state index in [0.29, 0.717) is 0 Å². The molecule has 0 atom stereocenters. The summed E-state index contributed by atoms with van der Waals surface area (Å²) in [5.74, 6) is 0. The van der Waals surface area contributed by atoms with Crippen LogP contribution >= 0.6 is 0 Å². The fraction of sp³-hybridized carbons (Fsp3) is 0.625. The van der Waals surface area contributed by atoms with Gasteiger partial charge in [-0.1, -0.05) is 6.08 Å². The van der Waals surface area contributed by atoms with Gasteiger partial charge in [-0.05, 0) is 12.5 Å². The van der Waals surface area contributed by atoms with Gasteiger partial charge in [-0.2, -0.15) is 0 Å². The molecule has 0 unspecified atom stereocenters. The van der Waals surface area contributed by atoms with Crippen LogP contribution in [0.1, 0.15) is 12.8 Å². The van der Waals surface area contributed by atoms with Gasteiger partial charge in [-0.3, -0.25) is 4.79 Å². The highest BCUT2D eigenvalue weighted by atomic mass is 16.7. The molecule has 0 spiro atoms. The summed E-state index contributed by atoms with van der Waals surface area (Å²) in [7, 11) is 3.19. The first-order valence-corrected chi connectivity index (χ1v) is 3.51. The van der Waals surface area contributed by atoms with Crippen molar-refractivity contribution < 1.29 is 14.3 Å². The van der Waals surface area contributed by atoms with Gasteiger partial charge in [0.1, 0.15) is 6.29 Å². The Balaban J connectivity index is 3.34. The Kier molecular flexibility index (Phi) is 6.98. The Bertz CT molecular complexity index is 117. The Morgan fingerprint density at radius 2 is 2.00 bits per heavy atom. The lowest BCUT2D eigenvalue weighted by molar-refractivity contribution is -0.106. The predicted molar refractivity (Wildman–Crippen MR) is 42.2 cm³/mol. The Morgan fingerprint density at radius 1 is 1.36 bits per heavy atom. The number of methoxy groups -OCH3 is 2. The summed E-state index contributed by atoms with van der Waals surface area (Å²) < 4.78 is 9.87. The number of hydrogen-bond donors (Lipinski definition) is 0. The third-order valence-electron chi connectivity index (χ3n) is 1.31. The van der Waals surface area contributed by atoms with Gasteiger partial charge in [-0.25, -0.2) is 0 Å². The van der Waals surface area contributed by atoms with Crippen molar-refractivity contribution in [1.82, 2.24) is 0 Å². The monoisotopic (exact) mass is 158 g/mol. The van der Waals surface area contributed by atoms with Gasteiger partial charge in [0.15, 0.2) is 6.29 Å². The Hall–Kier alpha value is -0.670. The van der Waals surface area contributed by atoms with Gasteiger partial charge in [0, 0.05) is 20.6 Å². The molecule has 3 heteroatoms. The zero-order valence-corrected chi connectivity index (χ0v) is 6.95. The molecule has 0 bridgehead atoms. The smallest absolute Gasteiger partial charge is 0.157 e. The van der Waals surface area contributed by atoms with E-state index >= 15 is 0 Å². The Labute approximate surface area is 67.0 Å². The van der Waals surface area contributed by atoms with E-state index in [1.165, 1.54) is 6.08 Å². The van der Waals surface area contributed by atoms with Crippen LogP contribution in [0.2, 0.25) is 0 Å². The SMILES string of the molecule is COC(CCC=CC=O)OC. The second kappa shape index (κ2) is 7.44. The minimum Gasteiger partial charge on any atom is -0.356 e. The molecule has 0 aromatic carbocycles. The standard InChI is InChI=1S/C8H14O3/c1-10-8(11-2)6-4-3-5-7-9/h3,5,7-8H,4,6H2,1-2H3. The van der Waals surface area contributed by atoms with Crippen molar-refractivity contribution in [2.45, 2.75) is 19.1 Å².